The zero-order chi connectivity index (χ0) is 18.5. The van der Waals surface area contributed by atoms with Crippen molar-refractivity contribution in [2.24, 2.45) is 0 Å². The Kier molecular flexibility index (Phi) is 4.85. The third-order valence-corrected chi connectivity index (χ3v) is 3.60. The molecule has 0 heterocycles. The number of benzene rings is 3. The molecule has 3 N–H and O–H groups in total. The highest BCUT2D eigenvalue weighted by atomic mass is 16.5. The smallest absolute Gasteiger partial charge is 0.337 e. The van der Waals surface area contributed by atoms with E-state index in [0.29, 0.717) is 11.5 Å². The van der Waals surface area contributed by atoms with Crippen molar-refractivity contribution in [1.82, 2.24) is 0 Å². The molecule has 6 nitrogen and oxygen atoms in total. The van der Waals surface area contributed by atoms with Gasteiger partial charge in [-0.25, -0.2) is 4.79 Å². The summed E-state index contributed by atoms with van der Waals surface area (Å²) in [5.74, 6) is -1.06. The second kappa shape index (κ2) is 7.40. The van der Waals surface area contributed by atoms with Crippen LogP contribution in [0.15, 0.2) is 72.8 Å². The van der Waals surface area contributed by atoms with Crippen molar-refractivity contribution >= 4 is 17.6 Å². The van der Waals surface area contributed by atoms with E-state index in [-0.39, 0.29) is 22.6 Å². The number of aromatic carboxylic acids is 1. The molecule has 0 saturated heterocycles. The van der Waals surface area contributed by atoms with Crippen LogP contribution < -0.4 is 10.1 Å². The first kappa shape index (κ1) is 17.0. The molecule has 0 bridgehead atoms. The Morgan fingerprint density at radius 3 is 2.19 bits per heavy atom. The van der Waals surface area contributed by atoms with Gasteiger partial charge < -0.3 is 20.3 Å². The topological polar surface area (TPSA) is 95.9 Å². The molecule has 0 aliphatic carbocycles. The van der Waals surface area contributed by atoms with Crippen molar-refractivity contribution < 1.29 is 24.5 Å². The van der Waals surface area contributed by atoms with E-state index in [9.17, 15) is 19.8 Å². The number of carboxylic acids is 1. The highest BCUT2D eigenvalue weighted by molar-refractivity contribution is 6.09. The van der Waals surface area contributed by atoms with Crippen LogP contribution in [0.25, 0.3) is 0 Å². The number of nitrogens with one attached hydrogen (secondary N) is 1. The fourth-order valence-electron chi connectivity index (χ4n) is 2.36. The summed E-state index contributed by atoms with van der Waals surface area (Å²) in [5, 5.41) is 21.6. The van der Waals surface area contributed by atoms with E-state index in [1.165, 1.54) is 30.3 Å². The normalized spacial score (nSPS) is 10.2. The summed E-state index contributed by atoms with van der Waals surface area (Å²) >= 11 is 0. The molecule has 0 atom stereocenters. The number of phenols is 1. The van der Waals surface area contributed by atoms with Gasteiger partial charge in [-0.05, 0) is 36.4 Å². The zero-order valence-electron chi connectivity index (χ0n) is 13.5. The van der Waals surface area contributed by atoms with Crippen molar-refractivity contribution in [3.05, 3.63) is 83.9 Å². The van der Waals surface area contributed by atoms with E-state index in [1.807, 2.05) is 18.2 Å². The zero-order valence-corrected chi connectivity index (χ0v) is 13.5. The van der Waals surface area contributed by atoms with Crippen LogP contribution in [0.1, 0.15) is 20.7 Å². The molecule has 130 valence electrons. The lowest BCUT2D eigenvalue weighted by Gasteiger charge is -2.12. The maximum absolute atomic E-state index is 12.4. The fourth-order valence-corrected chi connectivity index (χ4v) is 2.36. The van der Waals surface area contributed by atoms with Crippen molar-refractivity contribution in [1.29, 1.82) is 0 Å². The van der Waals surface area contributed by atoms with Gasteiger partial charge in [0.15, 0.2) is 0 Å². The van der Waals surface area contributed by atoms with Crippen molar-refractivity contribution in [3.8, 4) is 17.2 Å². The minimum Gasteiger partial charge on any atom is -0.507 e. The lowest BCUT2D eigenvalue weighted by molar-refractivity contribution is 0.0698. The number of rotatable bonds is 5. The third kappa shape index (κ3) is 3.81. The van der Waals surface area contributed by atoms with Gasteiger partial charge in [-0.15, -0.1) is 0 Å². The van der Waals surface area contributed by atoms with Gasteiger partial charge in [0, 0.05) is 6.07 Å². The van der Waals surface area contributed by atoms with E-state index < -0.39 is 11.9 Å². The first-order valence-corrected chi connectivity index (χ1v) is 7.74. The summed E-state index contributed by atoms with van der Waals surface area (Å²) in [6.45, 7) is 0. The summed E-state index contributed by atoms with van der Waals surface area (Å²) < 4.78 is 5.67. The molecule has 0 aliphatic rings. The summed E-state index contributed by atoms with van der Waals surface area (Å²) in [4.78, 5) is 23.8. The molecule has 0 saturated carbocycles. The van der Waals surface area contributed by atoms with Gasteiger partial charge in [0.25, 0.3) is 5.91 Å². The van der Waals surface area contributed by atoms with Crippen LogP contribution in [0, 0.1) is 0 Å². The number of carboxylic acid groups (broad SMARTS) is 1. The molecule has 0 aromatic heterocycles. The number of ether oxygens (including phenoxy) is 1. The molecule has 0 aliphatic heterocycles. The van der Waals surface area contributed by atoms with Crippen LogP contribution in [0.4, 0.5) is 5.69 Å². The Bertz CT molecular complexity index is 953. The Morgan fingerprint density at radius 2 is 1.50 bits per heavy atom. The minimum atomic E-state index is -1.19. The molecule has 3 aromatic carbocycles. The predicted octanol–water partition coefficient (Wildman–Crippen LogP) is 4.14. The Hall–Kier alpha value is -3.80. The maximum atomic E-state index is 12.4. The van der Waals surface area contributed by atoms with E-state index >= 15 is 0 Å². The van der Waals surface area contributed by atoms with Crippen LogP contribution in [0.5, 0.6) is 17.2 Å². The summed E-state index contributed by atoms with van der Waals surface area (Å²) in [6.07, 6.45) is 0. The number of aromatic hydroxyl groups is 1. The number of carbonyl (C=O) groups excluding carboxylic acids is 1. The first-order chi connectivity index (χ1) is 12.5. The Balaban J connectivity index is 1.91. The molecule has 26 heavy (non-hydrogen) atoms. The van der Waals surface area contributed by atoms with Crippen molar-refractivity contribution in [2.75, 3.05) is 5.32 Å². The minimum absolute atomic E-state index is 0.0400. The van der Waals surface area contributed by atoms with E-state index in [4.69, 9.17) is 4.74 Å². The average molecular weight is 349 g/mol. The molecule has 6 heteroatoms. The standard InChI is InChI=1S/C20H15NO5/c22-18-9-5-4-8-16(18)19(23)21-17-12-14(10-11-15(17)20(24)25)26-13-6-2-1-3-7-13/h1-12,22H,(H,21,23)(H,24,25). The van der Waals surface area contributed by atoms with Gasteiger partial charge in [-0.3, -0.25) is 4.79 Å². The SMILES string of the molecule is O=C(Nc1cc(Oc2ccccc2)ccc1C(=O)O)c1ccccc1O. The number of para-hydroxylation sites is 2. The van der Waals surface area contributed by atoms with Crippen LogP contribution in [-0.2, 0) is 0 Å². The number of carbonyl (C=O) groups is 2. The summed E-state index contributed by atoms with van der Waals surface area (Å²) in [7, 11) is 0. The van der Waals surface area contributed by atoms with Gasteiger partial charge in [0.2, 0.25) is 0 Å². The van der Waals surface area contributed by atoms with E-state index in [0.717, 1.165) is 0 Å². The number of hydrogen-bond acceptors (Lipinski definition) is 4. The van der Waals surface area contributed by atoms with Gasteiger partial charge in [0.05, 0.1) is 16.8 Å². The Labute approximate surface area is 149 Å². The predicted molar refractivity (Wildman–Crippen MR) is 96.0 cm³/mol. The monoisotopic (exact) mass is 349 g/mol. The maximum Gasteiger partial charge on any atom is 0.337 e. The van der Waals surface area contributed by atoms with Crippen LogP contribution in [-0.4, -0.2) is 22.1 Å². The largest absolute Gasteiger partial charge is 0.507 e. The number of anilines is 1. The van der Waals surface area contributed by atoms with Crippen LogP contribution in [0.3, 0.4) is 0 Å². The quantitative estimate of drug-likeness (QED) is 0.643. The molecule has 0 radical (unpaired) electrons. The number of hydrogen-bond donors (Lipinski definition) is 3. The second-order valence-corrected chi connectivity index (χ2v) is 5.40. The van der Waals surface area contributed by atoms with Crippen molar-refractivity contribution in [3.63, 3.8) is 0 Å². The van der Waals surface area contributed by atoms with Crippen LogP contribution >= 0.6 is 0 Å². The average Bonchev–Trinajstić information content (AvgIpc) is 2.63. The number of phenolic OH excluding ortho intramolecular Hbond substituents is 1. The molecular formula is C20H15NO5. The van der Waals surface area contributed by atoms with Gasteiger partial charge >= 0.3 is 5.97 Å². The molecule has 3 aromatic rings. The second-order valence-electron chi connectivity index (χ2n) is 5.40. The first-order valence-electron chi connectivity index (χ1n) is 7.74. The summed E-state index contributed by atoms with van der Waals surface area (Å²) in [5.41, 5.74) is 0.0200. The number of amides is 1. The van der Waals surface area contributed by atoms with Crippen molar-refractivity contribution in [2.45, 2.75) is 0 Å². The van der Waals surface area contributed by atoms with Gasteiger partial charge in [-0.2, -0.15) is 0 Å². The van der Waals surface area contributed by atoms with Gasteiger partial charge in [0.1, 0.15) is 17.2 Å². The summed E-state index contributed by atoms with van der Waals surface area (Å²) in [6, 6.07) is 19.3. The lowest BCUT2D eigenvalue weighted by Crippen LogP contribution is -2.15. The highest BCUT2D eigenvalue weighted by Crippen LogP contribution is 2.28. The van der Waals surface area contributed by atoms with Gasteiger partial charge in [-0.1, -0.05) is 30.3 Å². The molecule has 0 spiro atoms. The molecule has 0 fully saturated rings. The Morgan fingerprint density at radius 1 is 0.808 bits per heavy atom. The molecular weight excluding hydrogens is 334 g/mol. The molecule has 1 amide bonds. The fraction of sp³-hybridized carbons (Fsp3) is 0. The molecule has 0 unspecified atom stereocenters. The highest BCUT2D eigenvalue weighted by Gasteiger charge is 2.17. The van der Waals surface area contributed by atoms with E-state index in [1.54, 1.807) is 24.3 Å². The van der Waals surface area contributed by atoms with E-state index in [2.05, 4.69) is 5.32 Å². The molecule has 3 rings (SSSR count). The third-order valence-electron chi connectivity index (χ3n) is 3.60. The lowest BCUT2D eigenvalue weighted by atomic mass is 10.1. The van der Waals surface area contributed by atoms with Crippen LogP contribution in [0.2, 0.25) is 0 Å².